The number of amidine groups is 1. The van der Waals surface area contributed by atoms with Gasteiger partial charge in [0.1, 0.15) is 5.84 Å². The van der Waals surface area contributed by atoms with Crippen molar-refractivity contribution in [1.82, 2.24) is 4.90 Å². The molecule has 2 aliphatic heterocycles. The van der Waals surface area contributed by atoms with Crippen LogP contribution in [0.25, 0.3) is 0 Å². The van der Waals surface area contributed by atoms with Crippen molar-refractivity contribution in [1.29, 1.82) is 0 Å². The second-order valence-corrected chi connectivity index (χ2v) is 3.50. The molecule has 62 valence electrons. The molecule has 3 heteroatoms. The molecular weight excluding hydrogens is 140 g/mol. The van der Waals surface area contributed by atoms with Crippen LogP contribution in [0.15, 0.2) is 5.16 Å². The lowest BCUT2D eigenvalue weighted by molar-refractivity contribution is 0.0327. The molecule has 0 radical (unpaired) electrons. The molecule has 0 bridgehead atoms. The number of hydrogen-bond donors (Lipinski definition) is 0. The van der Waals surface area contributed by atoms with E-state index in [0.29, 0.717) is 5.92 Å². The molecule has 0 aromatic rings. The van der Waals surface area contributed by atoms with Crippen LogP contribution in [0.1, 0.15) is 26.7 Å². The maximum absolute atomic E-state index is 5.26. The molecule has 0 saturated carbocycles. The molecule has 0 amide bonds. The van der Waals surface area contributed by atoms with E-state index < -0.39 is 0 Å². The fourth-order valence-electron chi connectivity index (χ4n) is 1.71. The third-order valence-electron chi connectivity index (χ3n) is 2.28. The third kappa shape index (κ3) is 0.988. The summed E-state index contributed by atoms with van der Waals surface area (Å²) in [5.74, 6) is 1.63. The van der Waals surface area contributed by atoms with Crippen molar-refractivity contribution in [2.24, 2.45) is 11.1 Å². The second-order valence-electron chi connectivity index (χ2n) is 3.50. The van der Waals surface area contributed by atoms with E-state index in [1.807, 2.05) is 0 Å². The third-order valence-corrected chi connectivity index (χ3v) is 2.28. The van der Waals surface area contributed by atoms with Crippen LogP contribution < -0.4 is 0 Å². The Bertz CT molecular complexity index is 189. The van der Waals surface area contributed by atoms with E-state index in [1.54, 1.807) is 0 Å². The van der Waals surface area contributed by atoms with E-state index in [9.17, 15) is 0 Å². The minimum Gasteiger partial charge on any atom is -0.369 e. The van der Waals surface area contributed by atoms with Crippen LogP contribution in [0.3, 0.4) is 0 Å². The Balaban J connectivity index is 2.12. The Morgan fingerprint density at radius 1 is 1.64 bits per heavy atom. The Hall–Kier alpha value is -0.730. The Morgan fingerprint density at radius 2 is 2.45 bits per heavy atom. The summed E-state index contributed by atoms with van der Waals surface area (Å²) in [6, 6.07) is 0. The van der Waals surface area contributed by atoms with Gasteiger partial charge in [0, 0.05) is 18.9 Å². The Kier molecular flexibility index (Phi) is 1.51. The van der Waals surface area contributed by atoms with Gasteiger partial charge in [0.2, 0.25) is 6.23 Å². The van der Waals surface area contributed by atoms with E-state index in [1.165, 1.54) is 6.42 Å². The predicted molar refractivity (Wildman–Crippen MR) is 43.1 cm³/mol. The number of hydrogen-bond acceptors (Lipinski definition) is 3. The van der Waals surface area contributed by atoms with Crippen molar-refractivity contribution >= 4 is 5.84 Å². The lowest BCUT2D eigenvalue weighted by atomic mass is 10.2. The first-order valence-electron chi connectivity index (χ1n) is 4.29. The first kappa shape index (κ1) is 6.95. The molecule has 2 aliphatic rings. The van der Waals surface area contributed by atoms with Gasteiger partial charge in [-0.05, 0) is 6.42 Å². The molecule has 0 spiro atoms. The van der Waals surface area contributed by atoms with Gasteiger partial charge in [-0.3, -0.25) is 0 Å². The normalized spacial score (nSPS) is 28.8. The van der Waals surface area contributed by atoms with Crippen LogP contribution in [0, 0.1) is 5.92 Å². The summed E-state index contributed by atoms with van der Waals surface area (Å²) < 4.78 is 0. The molecule has 0 aromatic heterocycles. The van der Waals surface area contributed by atoms with E-state index in [0.717, 1.165) is 18.8 Å². The summed E-state index contributed by atoms with van der Waals surface area (Å²) in [6.07, 6.45) is 2.66. The highest BCUT2D eigenvalue weighted by atomic mass is 16.7. The lowest BCUT2D eigenvalue weighted by Gasteiger charge is -2.18. The molecule has 0 aliphatic carbocycles. The molecule has 1 unspecified atom stereocenters. The summed E-state index contributed by atoms with van der Waals surface area (Å²) >= 11 is 0. The highest BCUT2D eigenvalue weighted by Crippen LogP contribution is 2.26. The van der Waals surface area contributed by atoms with E-state index >= 15 is 0 Å². The zero-order valence-corrected chi connectivity index (χ0v) is 7.08. The summed E-state index contributed by atoms with van der Waals surface area (Å²) in [5.41, 5.74) is 0. The topological polar surface area (TPSA) is 24.8 Å². The maximum atomic E-state index is 5.26. The largest absolute Gasteiger partial charge is 0.369 e. The molecule has 3 nitrogen and oxygen atoms in total. The maximum Gasteiger partial charge on any atom is 0.201 e. The van der Waals surface area contributed by atoms with Crippen molar-refractivity contribution in [2.45, 2.75) is 32.9 Å². The van der Waals surface area contributed by atoms with Crippen LogP contribution in [-0.4, -0.2) is 23.5 Å². The first-order valence-corrected chi connectivity index (χ1v) is 4.29. The molecular formula is C8H14N2O. The lowest BCUT2D eigenvalue weighted by Crippen LogP contribution is -2.33. The number of nitrogens with zero attached hydrogens (tertiary/aromatic N) is 2. The predicted octanol–water partition coefficient (Wildman–Crippen LogP) is 1.41. The van der Waals surface area contributed by atoms with Gasteiger partial charge in [-0.25, -0.2) is 0 Å². The quantitative estimate of drug-likeness (QED) is 0.570. The number of rotatable bonds is 1. The van der Waals surface area contributed by atoms with Crippen LogP contribution in [0.2, 0.25) is 0 Å². The molecule has 11 heavy (non-hydrogen) atoms. The van der Waals surface area contributed by atoms with Crippen molar-refractivity contribution in [3.8, 4) is 0 Å². The van der Waals surface area contributed by atoms with Crippen molar-refractivity contribution < 1.29 is 4.84 Å². The summed E-state index contributed by atoms with van der Waals surface area (Å²) in [5, 5.41) is 4.06. The molecule has 0 N–H and O–H groups in total. The molecule has 0 aromatic carbocycles. The minimum absolute atomic E-state index is 0.271. The van der Waals surface area contributed by atoms with Crippen molar-refractivity contribution in [3.05, 3.63) is 0 Å². The summed E-state index contributed by atoms with van der Waals surface area (Å²) in [6.45, 7) is 5.44. The van der Waals surface area contributed by atoms with Crippen LogP contribution in [-0.2, 0) is 4.84 Å². The van der Waals surface area contributed by atoms with Crippen LogP contribution in [0.4, 0.5) is 0 Å². The second kappa shape index (κ2) is 2.40. The first-order chi connectivity index (χ1) is 5.29. The smallest absolute Gasteiger partial charge is 0.201 e. The average Bonchev–Trinajstić information content (AvgIpc) is 2.41. The fraction of sp³-hybridized carbons (Fsp3) is 0.875. The SMILES string of the molecule is CC(C)C1=NOC2CCCN12. The monoisotopic (exact) mass is 154 g/mol. The zero-order valence-electron chi connectivity index (χ0n) is 7.08. The molecule has 1 fully saturated rings. The van der Waals surface area contributed by atoms with Gasteiger partial charge in [0.15, 0.2) is 0 Å². The van der Waals surface area contributed by atoms with Gasteiger partial charge >= 0.3 is 0 Å². The summed E-state index contributed by atoms with van der Waals surface area (Å²) in [7, 11) is 0. The van der Waals surface area contributed by atoms with Gasteiger partial charge < -0.3 is 9.74 Å². The van der Waals surface area contributed by atoms with Crippen LogP contribution >= 0.6 is 0 Å². The molecule has 1 atom stereocenters. The Morgan fingerprint density at radius 3 is 3.18 bits per heavy atom. The molecule has 2 heterocycles. The zero-order chi connectivity index (χ0) is 7.84. The van der Waals surface area contributed by atoms with E-state index in [4.69, 9.17) is 4.84 Å². The van der Waals surface area contributed by atoms with Gasteiger partial charge in [-0.15, -0.1) is 0 Å². The van der Waals surface area contributed by atoms with E-state index in [2.05, 4.69) is 23.9 Å². The Labute approximate surface area is 67.0 Å². The van der Waals surface area contributed by atoms with Gasteiger partial charge in [-0.1, -0.05) is 19.0 Å². The van der Waals surface area contributed by atoms with Gasteiger partial charge in [0.05, 0.1) is 0 Å². The summed E-state index contributed by atoms with van der Waals surface area (Å²) in [4.78, 5) is 7.55. The van der Waals surface area contributed by atoms with Gasteiger partial charge in [-0.2, -0.15) is 0 Å². The molecule has 2 rings (SSSR count). The van der Waals surface area contributed by atoms with Crippen molar-refractivity contribution in [2.75, 3.05) is 6.54 Å². The van der Waals surface area contributed by atoms with Crippen molar-refractivity contribution in [3.63, 3.8) is 0 Å². The highest BCUT2D eigenvalue weighted by Gasteiger charge is 2.34. The average molecular weight is 154 g/mol. The van der Waals surface area contributed by atoms with Crippen LogP contribution in [0.5, 0.6) is 0 Å². The number of oxime groups is 1. The van der Waals surface area contributed by atoms with E-state index in [-0.39, 0.29) is 6.23 Å². The standard InChI is InChI=1S/C8H14N2O/c1-6(2)8-9-11-7-4-3-5-10(7)8/h6-7H,3-5H2,1-2H3. The fourth-order valence-corrected chi connectivity index (χ4v) is 1.71. The molecule has 1 saturated heterocycles. The minimum atomic E-state index is 0.271. The number of fused-ring (bicyclic) bond motifs is 1. The van der Waals surface area contributed by atoms with Gasteiger partial charge in [0.25, 0.3) is 0 Å². The highest BCUT2D eigenvalue weighted by molar-refractivity contribution is 5.84.